The van der Waals surface area contributed by atoms with Gasteiger partial charge in [0.2, 0.25) is 0 Å². The number of hydrogen-bond acceptors (Lipinski definition) is 3. The second-order valence-electron chi connectivity index (χ2n) is 4.47. The molecule has 1 aromatic carbocycles. The van der Waals surface area contributed by atoms with Crippen molar-refractivity contribution in [2.24, 2.45) is 0 Å². The molecular formula is C13H17ClF2N2O2. The minimum atomic E-state index is -0.813. The van der Waals surface area contributed by atoms with Crippen molar-refractivity contribution in [3.8, 4) is 5.75 Å². The first-order chi connectivity index (χ1) is 9.15. The molecule has 20 heavy (non-hydrogen) atoms. The van der Waals surface area contributed by atoms with Crippen LogP contribution >= 0.6 is 12.4 Å². The molecule has 0 bridgehead atoms. The predicted octanol–water partition coefficient (Wildman–Crippen LogP) is 1.63. The third kappa shape index (κ3) is 4.94. The number of piperidine rings is 1. The van der Waals surface area contributed by atoms with E-state index in [1.807, 2.05) is 0 Å². The monoisotopic (exact) mass is 306 g/mol. The highest BCUT2D eigenvalue weighted by Crippen LogP contribution is 2.17. The van der Waals surface area contributed by atoms with Crippen LogP contribution in [0.5, 0.6) is 5.75 Å². The van der Waals surface area contributed by atoms with Crippen molar-refractivity contribution in [3.05, 3.63) is 29.8 Å². The van der Waals surface area contributed by atoms with Crippen LogP contribution < -0.4 is 15.4 Å². The highest BCUT2D eigenvalue weighted by Gasteiger charge is 2.16. The molecule has 4 nitrogen and oxygen atoms in total. The number of carbonyl (C=O) groups is 1. The second-order valence-corrected chi connectivity index (χ2v) is 4.47. The fraction of sp³-hybridized carbons (Fsp3) is 0.462. The van der Waals surface area contributed by atoms with Crippen molar-refractivity contribution in [2.75, 3.05) is 19.7 Å². The van der Waals surface area contributed by atoms with E-state index >= 15 is 0 Å². The van der Waals surface area contributed by atoms with Gasteiger partial charge in [-0.1, -0.05) is 0 Å². The molecule has 0 saturated carbocycles. The summed E-state index contributed by atoms with van der Waals surface area (Å²) >= 11 is 0. The van der Waals surface area contributed by atoms with Crippen molar-refractivity contribution in [1.82, 2.24) is 10.6 Å². The molecule has 1 aliphatic heterocycles. The largest absolute Gasteiger partial charge is 0.481 e. The molecule has 7 heteroatoms. The van der Waals surface area contributed by atoms with E-state index in [2.05, 4.69) is 10.6 Å². The van der Waals surface area contributed by atoms with E-state index < -0.39 is 11.6 Å². The first-order valence-corrected chi connectivity index (χ1v) is 6.23. The van der Waals surface area contributed by atoms with E-state index in [0.29, 0.717) is 0 Å². The summed E-state index contributed by atoms with van der Waals surface area (Å²) in [7, 11) is 0. The van der Waals surface area contributed by atoms with Crippen LogP contribution in [0.25, 0.3) is 0 Å². The maximum atomic E-state index is 13.3. The van der Waals surface area contributed by atoms with Crippen LogP contribution in [0.15, 0.2) is 18.2 Å². The summed E-state index contributed by atoms with van der Waals surface area (Å²) in [6, 6.07) is 3.06. The van der Waals surface area contributed by atoms with Crippen molar-refractivity contribution < 1.29 is 18.3 Å². The molecule has 1 amide bonds. The Bertz CT molecular complexity index is 454. The van der Waals surface area contributed by atoms with Crippen LogP contribution in [0.4, 0.5) is 8.78 Å². The summed E-state index contributed by atoms with van der Waals surface area (Å²) in [5.74, 6) is -1.93. The van der Waals surface area contributed by atoms with Gasteiger partial charge >= 0.3 is 0 Å². The molecule has 0 aromatic heterocycles. The highest BCUT2D eigenvalue weighted by molar-refractivity contribution is 5.85. The summed E-state index contributed by atoms with van der Waals surface area (Å²) in [6.45, 7) is 1.42. The van der Waals surface area contributed by atoms with Gasteiger partial charge in [0.25, 0.3) is 5.91 Å². The van der Waals surface area contributed by atoms with Crippen molar-refractivity contribution >= 4 is 18.3 Å². The Kier molecular flexibility index (Phi) is 6.67. The zero-order chi connectivity index (χ0) is 13.7. The molecule has 0 aliphatic carbocycles. The Balaban J connectivity index is 0.00000200. The lowest BCUT2D eigenvalue weighted by Crippen LogP contribution is -2.47. The quantitative estimate of drug-likeness (QED) is 0.889. The number of rotatable bonds is 4. The molecule has 1 aliphatic rings. The summed E-state index contributed by atoms with van der Waals surface area (Å²) in [5.41, 5.74) is 0. The van der Waals surface area contributed by atoms with Gasteiger partial charge in [0.15, 0.2) is 18.2 Å². The van der Waals surface area contributed by atoms with Crippen LogP contribution in [0.1, 0.15) is 12.8 Å². The SMILES string of the molecule is Cl.O=C(COc1ccc(F)cc1F)N[C@H]1CCCNC1. The number of ether oxygens (including phenoxy) is 1. The van der Waals surface area contributed by atoms with Gasteiger partial charge < -0.3 is 15.4 Å². The molecule has 0 unspecified atom stereocenters. The van der Waals surface area contributed by atoms with E-state index in [4.69, 9.17) is 4.74 Å². The topological polar surface area (TPSA) is 50.4 Å². The Morgan fingerprint density at radius 3 is 2.90 bits per heavy atom. The first-order valence-electron chi connectivity index (χ1n) is 6.23. The van der Waals surface area contributed by atoms with E-state index in [0.717, 1.165) is 38.1 Å². The molecule has 1 aromatic rings. The van der Waals surface area contributed by atoms with E-state index in [1.165, 1.54) is 6.07 Å². The maximum absolute atomic E-state index is 13.3. The van der Waals surface area contributed by atoms with Crippen LogP contribution in [-0.2, 0) is 4.79 Å². The Labute approximate surface area is 122 Å². The highest BCUT2D eigenvalue weighted by atomic mass is 35.5. The number of benzene rings is 1. The van der Waals surface area contributed by atoms with Gasteiger partial charge in [0.1, 0.15) is 5.82 Å². The summed E-state index contributed by atoms with van der Waals surface area (Å²) in [5, 5.41) is 5.97. The molecule has 2 N–H and O–H groups in total. The summed E-state index contributed by atoms with van der Waals surface area (Å²) in [4.78, 5) is 11.6. The van der Waals surface area contributed by atoms with Crippen molar-refractivity contribution in [3.63, 3.8) is 0 Å². The van der Waals surface area contributed by atoms with E-state index in [9.17, 15) is 13.6 Å². The average Bonchev–Trinajstić information content (AvgIpc) is 2.39. The fourth-order valence-electron chi connectivity index (χ4n) is 1.98. The van der Waals surface area contributed by atoms with Crippen LogP contribution in [0.2, 0.25) is 0 Å². The van der Waals surface area contributed by atoms with Gasteiger partial charge in [-0.15, -0.1) is 12.4 Å². The molecule has 1 heterocycles. The molecule has 1 saturated heterocycles. The zero-order valence-corrected chi connectivity index (χ0v) is 11.6. The lowest BCUT2D eigenvalue weighted by atomic mass is 10.1. The number of nitrogens with one attached hydrogen (secondary N) is 2. The Hall–Kier alpha value is -1.40. The Morgan fingerprint density at radius 2 is 2.25 bits per heavy atom. The maximum Gasteiger partial charge on any atom is 0.258 e. The van der Waals surface area contributed by atoms with Crippen LogP contribution in [0.3, 0.4) is 0 Å². The van der Waals surface area contributed by atoms with E-state index in [-0.39, 0.29) is 36.7 Å². The smallest absolute Gasteiger partial charge is 0.258 e. The van der Waals surface area contributed by atoms with Gasteiger partial charge in [-0.25, -0.2) is 8.78 Å². The number of hydrogen-bond donors (Lipinski definition) is 2. The third-order valence-corrected chi connectivity index (χ3v) is 2.91. The second kappa shape index (κ2) is 8.01. The van der Waals surface area contributed by atoms with Crippen LogP contribution in [0, 0.1) is 11.6 Å². The van der Waals surface area contributed by atoms with Gasteiger partial charge in [-0.05, 0) is 31.5 Å². The molecule has 0 radical (unpaired) electrons. The lowest BCUT2D eigenvalue weighted by molar-refractivity contribution is -0.123. The number of carbonyl (C=O) groups excluding carboxylic acids is 1. The predicted molar refractivity (Wildman–Crippen MR) is 73.1 cm³/mol. The standard InChI is InChI=1S/C13H16F2N2O2.ClH/c14-9-3-4-12(11(15)6-9)19-8-13(18)17-10-2-1-5-16-7-10;/h3-4,6,10,16H,1-2,5,7-8H2,(H,17,18);1H/t10-;/m0./s1. The zero-order valence-electron chi connectivity index (χ0n) is 10.8. The van der Waals surface area contributed by atoms with Gasteiger partial charge in [0.05, 0.1) is 0 Å². The van der Waals surface area contributed by atoms with Gasteiger partial charge in [-0.3, -0.25) is 4.79 Å². The Morgan fingerprint density at radius 1 is 1.45 bits per heavy atom. The number of amides is 1. The third-order valence-electron chi connectivity index (χ3n) is 2.91. The number of halogens is 3. The molecular weight excluding hydrogens is 290 g/mol. The molecule has 1 fully saturated rings. The normalized spacial score (nSPS) is 18.0. The molecule has 1 atom stereocenters. The summed E-state index contributed by atoms with van der Waals surface area (Å²) in [6.07, 6.45) is 1.93. The van der Waals surface area contributed by atoms with Gasteiger partial charge in [0, 0.05) is 18.7 Å². The molecule has 0 spiro atoms. The van der Waals surface area contributed by atoms with Crippen molar-refractivity contribution in [1.29, 1.82) is 0 Å². The van der Waals surface area contributed by atoms with Crippen LogP contribution in [-0.4, -0.2) is 31.6 Å². The summed E-state index contributed by atoms with van der Waals surface area (Å²) < 4.78 is 30.9. The fourth-order valence-corrected chi connectivity index (χ4v) is 1.98. The lowest BCUT2D eigenvalue weighted by Gasteiger charge is -2.23. The minimum Gasteiger partial charge on any atom is -0.481 e. The average molecular weight is 307 g/mol. The van der Waals surface area contributed by atoms with Crippen molar-refractivity contribution in [2.45, 2.75) is 18.9 Å². The van der Waals surface area contributed by atoms with Gasteiger partial charge in [-0.2, -0.15) is 0 Å². The molecule has 2 rings (SSSR count). The molecule has 112 valence electrons. The minimum absolute atomic E-state index is 0. The first kappa shape index (κ1) is 16.7. The van der Waals surface area contributed by atoms with E-state index in [1.54, 1.807) is 0 Å².